The van der Waals surface area contributed by atoms with Gasteiger partial charge in [-0.15, -0.1) is 11.3 Å². The second-order valence-electron chi connectivity index (χ2n) is 4.64. The Morgan fingerprint density at radius 2 is 2.12 bits per heavy atom. The van der Waals surface area contributed by atoms with Gasteiger partial charge in [-0.2, -0.15) is 0 Å². The highest BCUT2D eigenvalue weighted by molar-refractivity contribution is 7.19. The van der Waals surface area contributed by atoms with Crippen molar-refractivity contribution in [2.75, 3.05) is 7.05 Å². The quantitative estimate of drug-likeness (QED) is 0.843. The van der Waals surface area contributed by atoms with Crippen molar-refractivity contribution in [3.63, 3.8) is 0 Å². The minimum atomic E-state index is 0.575. The molecular weight excluding hydrogens is 214 g/mol. The predicted molar refractivity (Wildman–Crippen MR) is 71.0 cm³/mol. The summed E-state index contributed by atoms with van der Waals surface area (Å²) in [4.78, 5) is 1.51. The van der Waals surface area contributed by atoms with E-state index in [1.165, 1.54) is 34.2 Å². The number of nitrogens with one attached hydrogen (secondary N) is 1. The zero-order valence-electron chi connectivity index (χ0n) is 9.57. The van der Waals surface area contributed by atoms with E-state index in [0.29, 0.717) is 6.04 Å². The summed E-state index contributed by atoms with van der Waals surface area (Å²) >= 11 is 1.95. The molecule has 0 saturated heterocycles. The average Bonchev–Trinajstić information content (AvgIpc) is 2.66. The normalized spacial score (nSPS) is 18.6. The van der Waals surface area contributed by atoms with Crippen LogP contribution in [-0.4, -0.2) is 7.05 Å². The first-order valence-electron chi connectivity index (χ1n) is 6.04. The molecule has 1 N–H and O–H groups in total. The van der Waals surface area contributed by atoms with Gasteiger partial charge in [-0.1, -0.05) is 24.6 Å². The third kappa shape index (κ3) is 1.66. The maximum atomic E-state index is 3.49. The first-order valence-corrected chi connectivity index (χ1v) is 6.86. The lowest BCUT2D eigenvalue weighted by molar-refractivity contribution is 0.242. The SMILES string of the molecule is CNC(c1cc2ccccc2s1)C1CCC1. The summed E-state index contributed by atoms with van der Waals surface area (Å²) in [7, 11) is 2.09. The molecule has 1 fully saturated rings. The molecule has 2 heteroatoms. The van der Waals surface area contributed by atoms with Crippen LogP contribution in [0, 0.1) is 5.92 Å². The summed E-state index contributed by atoms with van der Waals surface area (Å²) in [6.45, 7) is 0. The number of hydrogen-bond acceptors (Lipinski definition) is 2. The van der Waals surface area contributed by atoms with Crippen LogP contribution in [0.3, 0.4) is 0 Å². The molecule has 0 bridgehead atoms. The van der Waals surface area contributed by atoms with Crippen LogP contribution in [0.25, 0.3) is 10.1 Å². The topological polar surface area (TPSA) is 12.0 Å². The van der Waals surface area contributed by atoms with Crippen LogP contribution < -0.4 is 5.32 Å². The maximum Gasteiger partial charge on any atom is 0.0441 e. The van der Waals surface area contributed by atoms with Crippen LogP contribution in [0.5, 0.6) is 0 Å². The Bertz CT molecular complexity index is 451. The van der Waals surface area contributed by atoms with Gasteiger partial charge in [0.15, 0.2) is 0 Å². The minimum Gasteiger partial charge on any atom is -0.312 e. The largest absolute Gasteiger partial charge is 0.312 e. The van der Waals surface area contributed by atoms with Gasteiger partial charge in [0.05, 0.1) is 0 Å². The molecule has 1 atom stereocenters. The number of hydrogen-bond donors (Lipinski definition) is 1. The van der Waals surface area contributed by atoms with Gasteiger partial charge in [0.1, 0.15) is 0 Å². The number of rotatable bonds is 3. The van der Waals surface area contributed by atoms with Crippen molar-refractivity contribution in [3.8, 4) is 0 Å². The molecule has 1 saturated carbocycles. The van der Waals surface area contributed by atoms with Gasteiger partial charge in [-0.3, -0.25) is 0 Å². The van der Waals surface area contributed by atoms with Crippen molar-refractivity contribution in [1.82, 2.24) is 5.32 Å². The standard InChI is InChI=1S/C14H17NS/c1-15-14(10-6-4-7-10)13-9-11-5-2-3-8-12(11)16-13/h2-3,5,8-10,14-15H,4,6-7H2,1H3. The van der Waals surface area contributed by atoms with E-state index in [-0.39, 0.29) is 0 Å². The second kappa shape index (κ2) is 4.19. The van der Waals surface area contributed by atoms with Crippen LogP contribution in [0.4, 0.5) is 0 Å². The van der Waals surface area contributed by atoms with Crippen molar-refractivity contribution in [2.45, 2.75) is 25.3 Å². The van der Waals surface area contributed by atoms with Crippen molar-refractivity contribution in [1.29, 1.82) is 0 Å². The van der Waals surface area contributed by atoms with Crippen LogP contribution >= 0.6 is 11.3 Å². The van der Waals surface area contributed by atoms with Crippen LogP contribution in [0.2, 0.25) is 0 Å². The summed E-state index contributed by atoms with van der Waals surface area (Å²) in [5.74, 6) is 0.859. The smallest absolute Gasteiger partial charge is 0.0441 e. The Kier molecular flexibility index (Phi) is 2.70. The molecule has 1 unspecified atom stereocenters. The molecule has 0 aliphatic heterocycles. The lowest BCUT2D eigenvalue weighted by atomic mass is 9.79. The van der Waals surface area contributed by atoms with Gasteiger partial charge in [0.25, 0.3) is 0 Å². The van der Waals surface area contributed by atoms with Crippen LogP contribution in [0.15, 0.2) is 30.3 Å². The van der Waals surface area contributed by atoms with Crippen molar-refractivity contribution in [2.24, 2.45) is 5.92 Å². The molecule has 1 nitrogen and oxygen atoms in total. The monoisotopic (exact) mass is 231 g/mol. The summed E-state index contributed by atoms with van der Waals surface area (Å²) < 4.78 is 1.41. The van der Waals surface area contributed by atoms with Crippen molar-refractivity contribution >= 4 is 21.4 Å². The van der Waals surface area contributed by atoms with Gasteiger partial charge in [0.2, 0.25) is 0 Å². The highest BCUT2D eigenvalue weighted by atomic mass is 32.1. The Balaban J connectivity index is 1.96. The highest BCUT2D eigenvalue weighted by Crippen LogP contribution is 2.41. The molecule has 1 aliphatic rings. The Labute approximate surface area is 100 Å². The molecule has 0 spiro atoms. The van der Waals surface area contributed by atoms with Crippen molar-refractivity contribution < 1.29 is 0 Å². The van der Waals surface area contributed by atoms with Gasteiger partial charge < -0.3 is 5.32 Å². The number of thiophene rings is 1. The lowest BCUT2D eigenvalue weighted by Crippen LogP contribution is -2.28. The molecule has 2 aromatic rings. The van der Waals surface area contributed by atoms with Crippen LogP contribution in [0.1, 0.15) is 30.2 Å². The molecule has 1 aliphatic carbocycles. The van der Waals surface area contributed by atoms with E-state index in [4.69, 9.17) is 0 Å². The molecular formula is C14H17NS. The molecule has 3 rings (SSSR count). The molecule has 84 valence electrons. The summed E-state index contributed by atoms with van der Waals surface area (Å²) in [5, 5.41) is 4.88. The summed E-state index contributed by atoms with van der Waals surface area (Å²) in [5.41, 5.74) is 0. The van der Waals surface area contributed by atoms with Crippen molar-refractivity contribution in [3.05, 3.63) is 35.2 Å². The van der Waals surface area contributed by atoms with E-state index in [2.05, 4.69) is 42.7 Å². The van der Waals surface area contributed by atoms with E-state index in [9.17, 15) is 0 Å². The molecule has 0 amide bonds. The van der Waals surface area contributed by atoms with Gasteiger partial charge >= 0.3 is 0 Å². The van der Waals surface area contributed by atoms with E-state index in [1.807, 2.05) is 11.3 Å². The lowest BCUT2D eigenvalue weighted by Gasteiger charge is -2.32. The molecule has 0 radical (unpaired) electrons. The summed E-state index contributed by atoms with van der Waals surface area (Å²) in [6.07, 6.45) is 4.19. The zero-order valence-corrected chi connectivity index (χ0v) is 10.4. The first-order chi connectivity index (χ1) is 7.88. The van der Waals surface area contributed by atoms with E-state index in [1.54, 1.807) is 0 Å². The summed E-state index contributed by atoms with van der Waals surface area (Å²) in [6, 6.07) is 11.6. The van der Waals surface area contributed by atoms with Gasteiger partial charge in [-0.05, 0) is 43.3 Å². The van der Waals surface area contributed by atoms with E-state index in [0.717, 1.165) is 5.92 Å². The highest BCUT2D eigenvalue weighted by Gasteiger charge is 2.28. The van der Waals surface area contributed by atoms with Gasteiger partial charge in [-0.25, -0.2) is 0 Å². The maximum absolute atomic E-state index is 3.49. The third-order valence-corrected chi connectivity index (χ3v) is 4.88. The molecule has 16 heavy (non-hydrogen) atoms. The van der Waals surface area contributed by atoms with Gasteiger partial charge in [0, 0.05) is 15.6 Å². The fourth-order valence-electron chi connectivity index (χ4n) is 2.54. The van der Waals surface area contributed by atoms with E-state index >= 15 is 0 Å². The zero-order chi connectivity index (χ0) is 11.0. The third-order valence-electron chi connectivity index (χ3n) is 3.68. The Hall–Kier alpha value is -0.860. The van der Waals surface area contributed by atoms with Crippen LogP contribution in [-0.2, 0) is 0 Å². The fourth-order valence-corrected chi connectivity index (χ4v) is 3.81. The Morgan fingerprint density at radius 1 is 1.31 bits per heavy atom. The minimum absolute atomic E-state index is 0.575. The fraction of sp³-hybridized carbons (Fsp3) is 0.429. The Morgan fingerprint density at radius 3 is 2.75 bits per heavy atom. The second-order valence-corrected chi connectivity index (χ2v) is 5.76. The average molecular weight is 231 g/mol. The van der Waals surface area contributed by atoms with E-state index < -0.39 is 0 Å². The predicted octanol–water partition coefficient (Wildman–Crippen LogP) is 3.96. The number of benzene rings is 1. The first kappa shape index (κ1) is 10.3. The molecule has 1 heterocycles. The molecule has 1 aromatic carbocycles. The number of fused-ring (bicyclic) bond motifs is 1. The molecule has 1 aromatic heterocycles.